The predicted octanol–water partition coefficient (Wildman–Crippen LogP) is 0.323. The molecule has 5 nitrogen and oxygen atoms in total. The Morgan fingerprint density at radius 2 is 2.08 bits per heavy atom. The van der Waals surface area contributed by atoms with E-state index in [0.717, 1.165) is 17.2 Å². The molecule has 12 heavy (non-hydrogen) atoms. The molecule has 0 radical (unpaired) electrons. The summed E-state index contributed by atoms with van der Waals surface area (Å²) < 4.78 is 1.63. The third-order valence-corrected chi connectivity index (χ3v) is 1.63. The Hall–Kier alpha value is -1.65. The highest BCUT2D eigenvalue weighted by molar-refractivity contribution is 5.42. The molecule has 0 aliphatic rings. The fourth-order valence-corrected chi connectivity index (χ4v) is 1.19. The van der Waals surface area contributed by atoms with Gasteiger partial charge < -0.3 is 5.73 Å². The lowest BCUT2D eigenvalue weighted by molar-refractivity contribution is 0.855. The number of hydrogen-bond acceptors (Lipinski definition) is 4. The van der Waals surface area contributed by atoms with Crippen molar-refractivity contribution in [3.05, 3.63) is 17.6 Å². The third-order valence-electron chi connectivity index (χ3n) is 1.63. The molecule has 0 fully saturated rings. The number of nitrogens with zero attached hydrogens (tertiary/aromatic N) is 4. The molecular formula is C7H9N5. The first-order chi connectivity index (χ1) is 5.66. The monoisotopic (exact) mass is 163 g/mol. The van der Waals surface area contributed by atoms with Gasteiger partial charge in [0.1, 0.15) is 5.82 Å². The molecule has 62 valence electrons. The van der Waals surface area contributed by atoms with Crippen LogP contribution in [0.25, 0.3) is 5.65 Å². The molecule has 2 aromatic heterocycles. The van der Waals surface area contributed by atoms with E-state index in [9.17, 15) is 0 Å². The Bertz CT molecular complexity index is 431. The number of rotatable bonds is 0. The van der Waals surface area contributed by atoms with Crippen molar-refractivity contribution in [3.63, 3.8) is 0 Å². The number of aryl methyl sites for hydroxylation is 2. The summed E-state index contributed by atoms with van der Waals surface area (Å²) in [6, 6.07) is 1.84. The number of fused-ring (bicyclic) bond motifs is 1. The molecule has 0 saturated heterocycles. The van der Waals surface area contributed by atoms with Crippen LogP contribution in [-0.4, -0.2) is 19.6 Å². The average molecular weight is 163 g/mol. The molecule has 5 heteroatoms. The van der Waals surface area contributed by atoms with Crippen molar-refractivity contribution >= 4 is 11.6 Å². The van der Waals surface area contributed by atoms with E-state index in [1.165, 1.54) is 0 Å². The minimum Gasteiger partial charge on any atom is -0.366 e. The van der Waals surface area contributed by atoms with Crippen LogP contribution in [0.15, 0.2) is 6.07 Å². The van der Waals surface area contributed by atoms with Gasteiger partial charge in [0.25, 0.3) is 0 Å². The molecule has 2 N–H and O–H groups in total. The zero-order chi connectivity index (χ0) is 8.72. The Kier molecular flexibility index (Phi) is 1.27. The molecule has 2 heterocycles. The summed E-state index contributed by atoms with van der Waals surface area (Å²) in [4.78, 5) is 8.24. The summed E-state index contributed by atoms with van der Waals surface area (Å²) in [5.41, 5.74) is 7.11. The summed E-state index contributed by atoms with van der Waals surface area (Å²) in [6.07, 6.45) is 0. The van der Waals surface area contributed by atoms with Crippen molar-refractivity contribution in [2.45, 2.75) is 13.8 Å². The molecule has 2 aromatic rings. The van der Waals surface area contributed by atoms with Crippen molar-refractivity contribution in [3.8, 4) is 0 Å². The van der Waals surface area contributed by atoms with E-state index in [1.54, 1.807) is 4.52 Å². The summed E-state index contributed by atoms with van der Waals surface area (Å²) >= 11 is 0. The highest BCUT2D eigenvalue weighted by Crippen LogP contribution is 2.05. The van der Waals surface area contributed by atoms with Crippen LogP contribution in [0, 0.1) is 13.8 Å². The Morgan fingerprint density at radius 3 is 2.83 bits per heavy atom. The van der Waals surface area contributed by atoms with Crippen molar-refractivity contribution in [2.75, 3.05) is 5.73 Å². The van der Waals surface area contributed by atoms with E-state index in [0.29, 0.717) is 0 Å². The van der Waals surface area contributed by atoms with Gasteiger partial charge in [0, 0.05) is 11.8 Å². The molecule has 0 unspecified atom stereocenters. The van der Waals surface area contributed by atoms with Crippen LogP contribution in [0.4, 0.5) is 5.95 Å². The summed E-state index contributed by atoms with van der Waals surface area (Å²) in [5.74, 6) is 1.08. The second kappa shape index (κ2) is 2.17. The number of hydrogen-bond donors (Lipinski definition) is 1. The minimum atomic E-state index is 0.283. The van der Waals surface area contributed by atoms with Gasteiger partial charge in [0.2, 0.25) is 5.95 Å². The minimum absolute atomic E-state index is 0.283. The van der Waals surface area contributed by atoms with E-state index >= 15 is 0 Å². The van der Waals surface area contributed by atoms with Crippen LogP contribution in [0.3, 0.4) is 0 Å². The molecule has 0 aromatic carbocycles. The van der Waals surface area contributed by atoms with E-state index in [2.05, 4.69) is 15.1 Å². The second-order valence-electron chi connectivity index (χ2n) is 2.68. The zero-order valence-corrected chi connectivity index (χ0v) is 6.94. The fraction of sp³-hybridized carbons (Fsp3) is 0.286. The lowest BCUT2D eigenvalue weighted by atomic mass is 10.4. The van der Waals surface area contributed by atoms with Crippen LogP contribution >= 0.6 is 0 Å². The van der Waals surface area contributed by atoms with Crippen molar-refractivity contribution in [1.29, 1.82) is 0 Å². The maximum absolute atomic E-state index is 5.44. The first-order valence-electron chi connectivity index (χ1n) is 3.63. The maximum Gasteiger partial charge on any atom is 0.240 e. The van der Waals surface area contributed by atoms with Crippen LogP contribution in [0.5, 0.6) is 0 Å². The average Bonchev–Trinajstić information content (AvgIpc) is 2.29. The fourth-order valence-electron chi connectivity index (χ4n) is 1.19. The Morgan fingerprint density at radius 1 is 1.33 bits per heavy atom. The van der Waals surface area contributed by atoms with E-state index in [-0.39, 0.29) is 5.95 Å². The van der Waals surface area contributed by atoms with Gasteiger partial charge in [-0.2, -0.15) is 9.50 Å². The van der Waals surface area contributed by atoms with Gasteiger partial charge in [-0.3, -0.25) is 0 Å². The Balaban J connectivity index is 2.88. The second-order valence-corrected chi connectivity index (χ2v) is 2.68. The lowest BCUT2D eigenvalue weighted by Crippen LogP contribution is -1.98. The highest BCUT2D eigenvalue weighted by atomic mass is 15.3. The maximum atomic E-state index is 5.44. The normalized spacial score (nSPS) is 10.8. The molecule has 2 rings (SSSR count). The number of aromatic nitrogens is 4. The Labute approximate surface area is 69.2 Å². The first-order valence-corrected chi connectivity index (χ1v) is 3.63. The summed E-state index contributed by atoms with van der Waals surface area (Å²) in [5, 5.41) is 3.97. The van der Waals surface area contributed by atoms with Gasteiger partial charge in [-0.1, -0.05) is 0 Å². The lowest BCUT2D eigenvalue weighted by Gasteiger charge is -1.96. The van der Waals surface area contributed by atoms with Gasteiger partial charge in [-0.15, -0.1) is 5.10 Å². The SMILES string of the molecule is Cc1cc2nc(N)nn2c(C)n1. The number of anilines is 1. The van der Waals surface area contributed by atoms with E-state index in [4.69, 9.17) is 5.73 Å². The molecule has 0 bridgehead atoms. The first kappa shape index (κ1) is 7.02. The standard InChI is InChI=1S/C7H9N5/c1-4-3-6-10-7(8)11-12(6)5(2)9-4/h3H,1-2H3,(H2,8,11). The van der Waals surface area contributed by atoms with Crippen molar-refractivity contribution in [1.82, 2.24) is 19.6 Å². The summed E-state index contributed by atoms with van der Waals surface area (Å²) in [6.45, 7) is 3.78. The van der Waals surface area contributed by atoms with Crippen molar-refractivity contribution < 1.29 is 0 Å². The van der Waals surface area contributed by atoms with E-state index < -0.39 is 0 Å². The smallest absolute Gasteiger partial charge is 0.240 e. The van der Waals surface area contributed by atoms with Gasteiger partial charge in [0.05, 0.1) is 0 Å². The van der Waals surface area contributed by atoms with Gasteiger partial charge in [0.15, 0.2) is 5.65 Å². The molecular weight excluding hydrogens is 154 g/mol. The van der Waals surface area contributed by atoms with Crippen LogP contribution < -0.4 is 5.73 Å². The number of nitrogens with two attached hydrogens (primary N) is 1. The van der Waals surface area contributed by atoms with E-state index in [1.807, 2.05) is 19.9 Å². The molecule has 0 atom stereocenters. The van der Waals surface area contributed by atoms with Crippen molar-refractivity contribution in [2.24, 2.45) is 0 Å². The largest absolute Gasteiger partial charge is 0.366 e. The molecule has 0 spiro atoms. The van der Waals surface area contributed by atoms with Gasteiger partial charge in [-0.25, -0.2) is 4.98 Å². The van der Waals surface area contributed by atoms with Crippen LogP contribution in [-0.2, 0) is 0 Å². The molecule has 0 aliphatic heterocycles. The predicted molar refractivity (Wildman–Crippen MR) is 44.7 cm³/mol. The topological polar surface area (TPSA) is 69.1 Å². The molecule has 0 saturated carbocycles. The third kappa shape index (κ3) is 0.903. The zero-order valence-electron chi connectivity index (χ0n) is 6.94. The molecule has 0 aliphatic carbocycles. The molecule has 0 amide bonds. The van der Waals surface area contributed by atoms with Crippen LogP contribution in [0.1, 0.15) is 11.5 Å². The van der Waals surface area contributed by atoms with Gasteiger partial charge >= 0.3 is 0 Å². The number of nitrogen functional groups attached to an aromatic ring is 1. The highest BCUT2D eigenvalue weighted by Gasteiger charge is 2.03. The van der Waals surface area contributed by atoms with Gasteiger partial charge in [-0.05, 0) is 13.8 Å². The van der Waals surface area contributed by atoms with Crippen LogP contribution in [0.2, 0.25) is 0 Å². The quantitative estimate of drug-likeness (QED) is 0.607. The summed E-state index contributed by atoms with van der Waals surface area (Å²) in [7, 11) is 0.